The van der Waals surface area contributed by atoms with Gasteiger partial charge in [-0.25, -0.2) is 4.79 Å². The molecule has 0 aliphatic rings. The number of rotatable bonds is 10. The molecular formula is C25H40N2O4. The summed E-state index contributed by atoms with van der Waals surface area (Å²) in [5.41, 5.74) is 0.785. The van der Waals surface area contributed by atoms with Crippen molar-refractivity contribution in [2.24, 2.45) is 11.8 Å². The van der Waals surface area contributed by atoms with E-state index in [1.54, 1.807) is 21.0 Å². The van der Waals surface area contributed by atoms with Crippen LogP contribution < -0.4 is 4.74 Å². The van der Waals surface area contributed by atoms with E-state index in [0.717, 1.165) is 11.3 Å². The Morgan fingerprint density at radius 1 is 0.968 bits per heavy atom. The van der Waals surface area contributed by atoms with Crippen LogP contribution in [-0.2, 0) is 16.0 Å². The van der Waals surface area contributed by atoms with Crippen molar-refractivity contribution in [3.8, 4) is 5.75 Å². The lowest BCUT2D eigenvalue weighted by molar-refractivity contribution is -0.124. The number of carbonyl (C=O) groups is 3. The largest absolute Gasteiger partial charge is 0.488 e. The first kappa shape index (κ1) is 26.7. The van der Waals surface area contributed by atoms with E-state index < -0.39 is 6.04 Å². The van der Waals surface area contributed by atoms with E-state index in [-0.39, 0.29) is 41.6 Å². The summed E-state index contributed by atoms with van der Waals surface area (Å²) >= 11 is 0. The minimum absolute atomic E-state index is 0.00894. The molecule has 2 amide bonds. The van der Waals surface area contributed by atoms with Crippen LogP contribution in [0, 0.1) is 11.8 Å². The minimum Gasteiger partial charge on any atom is -0.488 e. The average Bonchev–Trinajstić information content (AvgIpc) is 2.67. The van der Waals surface area contributed by atoms with Gasteiger partial charge < -0.3 is 14.5 Å². The Morgan fingerprint density at radius 2 is 1.52 bits per heavy atom. The van der Waals surface area contributed by atoms with Crippen LogP contribution in [0.2, 0.25) is 0 Å². The van der Waals surface area contributed by atoms with Gasteiger partial charge in [0.05, 0.1) is 12.6 Å². The van der Waals surface area contributed by atoms with Gasteiger partial charge in [-0.3, -0.25) is 9.59 Å². The number of likely N-dealkylation sites (N-methyl/N-ethyl adjacent to an activating group) is 2. The summed E-state index contributed by atoms with van der Waals surface area (Å²) in [5.74, 6) is 0.590. The summed E-state index contributed by atoms with van der Waals surface area (Å²) in [7, 11) is 3.24. The fraction of sp³-hybridized carbons (Fsp3) is 0.640. The molecule has 0 bridgehead atoms. The summed E-state index contributed by atoms with van der Waals surface area (Å²) < 4.78 is 5.83. The Kier molecular flexibility index (Phi) is 9.72. The lowest BCUT2D eigenvalue weighted by atomic mass is 9.96. The molecule has 174 valence electrons. The van der Waals surface area contributed by atoms with Crippen LogP contribution in [0.5, 0.6) is 5.75 Å². The van der Waals surface area contributed by atoms with Gasteiger partial charge in [0.25, 0.3) is 0 Å². The Morgan fingerprint density at radius 3 is 1.97 bits per heavy atom. The third-order valence-electron chi connectivity index (χ3n) is 5.19. The fourth-order valence-corrected chi connectivity index (χ4v) is 3.60. The number of amides is 2. The molecule has 1 rings (SSSR count). The maximum absolute atomic E-state index is 12.8. The second-order valence-corrected chi connectivity index (χ2v) is 9.69. The maximum Gasteiger partial charge on any atom is 0.320 e. The number of ether oxygens (including phenoxy) is 1. The molecule has 0 unspecified atom stereocenters. The van der Waals surface area contributed by atoms with Crippen LogP contribution in [0.3, 0.4) is 0 Å². The second-order valence-electron chi connectivity index (χ2n) is 9.69. The molecule has 0 saturated carbocycles. The first-order chi connectivity index (χ1) is 14.3. The highest BCUT2D eigenvalue weighted by atomic mass is 16.5. The van der Waals surface area contributed by atoms with E-state index in [1.165, 1.54) is 9.80 Å². The van der Waals surface area contributed by atoms with Crippen LogP contribution in [0.1, 0.15) is 60.5 Å². The number of Topliss-reactive ketones (excluding diaryl/α,β-unsaturated/α-hetero) is 2. The van der Waals surface area contributed by atoms with E-state index in [2.05, 4.69) is 0 Å². The molecule has 0 radical (unpaired) electrons. The maximum atomic E-state index is 12.8. The lowest BCUT2D eigenvalue weighted by Gasteiger charge is -2.33. The van der Waals surface area contributed by atoms with Crippen molar-refractivity contribution in [3.63, 3.8) is 0 Å². The molecule has 0 aliphatic heterocycles. The zero-order valence-electron chi connectivity index (χ0n) is 20.7. The minimum atomic E-state index is -0.485. The van der Waals surface area contributed by atoms with Crippen molar-refractivity contribution in [2.45, 2.75) is 73.0 Å². The molecule has 0 aromatic heterocycles. The second kappa shape index (κ2) is 11.3. The Bertz CT molecular complexity index is 750. The van der Waals surface area contributed by atoms with Crippen molar-refractivity contribution in [2.75, 3.05) is 20.6 Å². The number of hydrogen-bond acceptors (Lipinski definition) is 4. The van der Waals surface area contributed by atoms with Crippen LogP contribution >= 0.6 is 0 Å². The highest BCUT2D eigenvalue weighted by Crippen LogP contribution is 2.20. The summed E-state index contributed by atoms with van der Waals surface area (Å²) in [6, 6.07) is 6.97. The van der Waals surface area contributed by atoms with Gasteiger partial charge in [-0.15, -0.1) is 0 Å². The fourth-order valence-electron chi connectivity index (χ4n) is 3.60. The normalized spacial score (nSPS) is 13.5. The number of benzene rings is 1. The van der Waals surface area contributed by atoms with Crippen molar-refractivity contribution in [3.05, 3.63) is 29.8 Å². The molecule has 0 saturated heterocycles. The van der Waals surface area contributed by atoms with E-state index in [4.69, 9.17) is 4.74 Å². The van der Waals surface area contributed by atoms with E-state index in [0.29, 0.717) is 12.8 Å². The number of nitrogens with zero attached hydrogens (tertiary/aromatic N) is 2. The third kappa shape index (κ3) is 8.35. The van der Waals surface area contributed by atoms with Gasteiger partial charge in [0.15, 0.2) is 11.6 Å². The van der Waals surface area contributed by atoms with E-state index >= 15 is 0 Å². The highest BCUT2D eigenvalue weighted by molar-refractivity contribution is 5.90. The van der Waals surface area contributed by atoms with Crippen molar-refractivity contribution in [1.82, 2.24) is 9.80 Å². The topological polar surface area (TPSA) is 66.9 Å². The number of ketones is 2. The molecule has 0 N–H and O–H groups in total. The van der Waals surface area contributed by atoms with Gasteiger partial charge in [-0.2, -0.15) is 0 Å². The molecule has 6 nitrogen and oxygen atoms in total. The standard InChI is InChI=1S/C25H40N2O4/c1-10-21(28)23(17(2)3)27(9)24(30)26(8)16-22(29)18(4)15-19-11-13-20(14-12-19)31-25(5,6)7/h11-14,17-18,23H,10,15-16H2,1-9H3/t18-,23-/m1/s1. The van der Waals surface area contributed by atoms with Gasteiger partial charge in [0, 0.05) is 26.4 Å². The molecule has 0 fully saturated rings. The van der Waals surface area contributed by atoms with Gasteiger partial charge in [0.2, 0.25) is 0 Å². The molecule has 1 aromatic carbocycles. The summed E-state index contributed by atoms with van der Waals surface area (Å²) in [6.45, 7) is 13.5. The lowest BCUT2D eigenvalue weighted by Crippen LogP contribution is -2.51. The molecule has 6 heteroatoms. The Hall–Kier alpha value is -2.37. The van der Waals surface area contributed by atoms with Gasteiger partial charge in [-0.05, 0) is 50.8 Å². The predicted molar refractivity (Wildman–Crippen MR) is 124 cm³/mol. The Balaban J connectivity index is 2.70. The monoisotopic (exact) mass is 432 g/mol. The average molecular weight is 433 g/mol. The van der Waals surface area contributed by atoms with Gasteiger partial charge in [0.1, 0.15) is 11.4 Å². The van der Waals surface area contributed by atoms with Crippen molar-refractivity contribution >= 4 is 17.6 Å². The first-order valence-electron chi connectivity index (χ1n) is 11.1. The smallest absolute Gasteiger partial charge is 0.320 e. The van der Waals surface area contributed by atoms with Crippen molar-refractivity contribution in [1.29, 1.82) is 0 Å². The van der Waals surface area contributed by atoms with Crippen LogP contribution in [0.4, 0.5) is 4.79 Å². The predicted octanol–water partition coefficient (Wildman–Crippen LogP) is 4.60. The zero-order chi connectivity index (χ0) is 23.9. The summed E-state index contributed by atoms with van der Waals surface area (Å²) in [4.78, 5) is 40.7. The molecule has 1 aromatic rings. The van der Waals surface area contributed by atoms with Crippen LogP contribution in [-0.4, -0.2) is 59.7 Å². The molecule has 31 heavy (non-hydrogen) atoms. The summed E-state index contributed by atoms with van der Waals surface area (Å²) in [6.07, 6.45) is 0.967. The van der Waals surface area contributed by atoms with Gasteiger partial charge >= 0.3 is 6.03 Å². The number of carbonyl (C=O) groups excluding carboxylic acids is 3. The van der Waals surface area contributed by atoms with Crippen LogP contribution in [0.25, 0.3) is 0 Å². The molecular weight excluding hydrogens is 392 g/mol. The summed E-state index contributed by atoms with van der Waals surface area (Å²) in [5, 5.41) is 0. The van der Waals surface area contributed by atoms with Crippen molar-refractivity contribution < 1.29 is 19.1 Å². The molecule has 0 heterocycles. The quantitative estimate of drug-likeness (QED) is 0.542. The first-order valence-corrected chi connectivity index (χ1v) is 11.1. The highest BCUT2D eigenvalue weighted by Gasteiger charge is 2.31. The molecule has 0 spiro atoms. The van der Waals surface area contributed by atoms with E-state index in [1.807, 2.05) is 65.8 Å². The zero-order valence-corrected chi connectivity index (χ0v) is 20.7. The van der Waals surface area contributed by atoms with Gasteiger partial charge in [-0.1, -0.05) is 39.8 Å². The molecule has 0 aliphatic carbocycles. The van der Waals surface area contributed by atoms with E-state index in [9.17, 15) is 14.4 Å². The molecule has 2 atom stereocenters. The number of hydrogen-bond donors (Lipinski definition) is 0. The SMILES string of the molecule is CCC(=O)[C@@H](C(C)C)N(C)C(=O)N(C)CC(=O)[C@H](C)Cc1ccc(OC(C)(C)C)cc1. The number of urea groups is 1. The van der Waals surface area contributed by atoms with Crippen LogP contribution in [0.15, 0.2) is 24.3 Å². The Labute approximate surface area is 187 Å². The third-order valence-corrected chi connectivity index (χ3v) is 5.19.